The van der Waals surface area contributed by atoms with Crippen LogP contribution in [0.2, 0.25) is 0 Å². The molecule has 2 saturated heterocycles. The molecule has 14 nitrogen and oxygen atoms in total. The second kappa shape index (κ2) is 12.8. The van der Waals surface area contributed by atoms with Crippen molar-refractivity contribution >= 4 is 27.8 Å². The van der Waals surface area contributed by atoms with Crippen molar-refractivity contribution in [1.82, 2.24) is 19.8 Å². The fourth-order valence-electron chi connectivity index (χ4n) is 4.56. The molecule has 2 heterocycles. The number of hydrogen-bond donors (Lipinski definition) is 3. The van der Waals surface area contributed by atoms with Crippen LogP contribution in [0.25, 0.3) is 0 Å². The number of hydrogen-bond acceptors (Lipinski definition) is 7. The average Bonchev–Trinajstić information content (AvgIpc) is 2.82. The summed E-state index contributed by atoms with van der Waals surface area (Å²) in [7, 11) is -3.77. The smallest absolute Gasteiger partial charge is 0.270 e. The first-order chi connectivity index (χ1) is 17.6. The average molecular weight is 540 g/mol. The lowest BCUT2D eigenvalue weighted by Gasteiger charge is -2.41. The lowest BCUT2D eigenvalue weighted by Crippen LogP contribution is -2.61. The molecule has 2 fully saturated rings. The van der Waals surface area contributed by atoms with E-state index >= 15 is 0 Å². The van der Waals surface area contributed by atoms with Crippen LogP contribution in [0.15, 0.2) is 35.4 Å². The van der Waals surface area contributed by atoms with Gasteiger partial charge in [-0.25, -0.2) is 23.3 Å². The molecule has 0 spiro atoms. The highest BCUT2D eigenvalue weighted by Gasteiger charge is 2.37. The van der Waals surface area contributed by atoms with E-state index in [-0.39, 0.29) is 24.9 Å². The van der Waals surface area contributed by atoms with Crippen LogP contribution in [0.5, 0.6) is 0 Å². The molecule has 1 aromatic rings. The van der Waals surface area contributed by atoms with E-state index in [4.69, 9.17) is 10.5 Å². The van der Waals surface area contributed by atoms with Gasteiger partial charge in [0.25, 0.3) is 5.96 Å². The SMILES string of the molecule is CCOC1[C@@H](NC(=O)CN2CCC[C@@H](NS(=O)(=O)Cc3ccccc3)C2=O)CCCN1/C(N)=N/[N+](=O)[O-]. The Morgan fingerprint density at radius 2 is 1.95 bits per heavy atom. The minimum atomic E-state index is -3.77. The molecule has 37 heavy (non-hydrogen) atoms. The number of amides is 2. The number of guanidine groups is 1. The molecule has 0 aromatic heterocycles. The number of hydrazone groups is 1. The van der Waals surface area contributed by atoms with Crippen molar-refractivity contribution in [2.24, 2.45) is 10.8 Å². The number of likely N-dealkylation sites (tertiary alicyclic amines) is 2. The number of ether oxygens (including phenoxy) is 1. The predicted molar refractivity (Wildman–Crippen MR) is 134 cm³/mol. The van der Waals surface area contributed by atoms with E-state index in [1.807, 2.05) is 0 Å². The fraction of sp³-hybridized carbons (Fsp3) is 0.591. The highest BCUT2D eigenvalue weighted by atomic mass is 32.2. The summed E-state index contributed by atoms with van der Waals surface area (Å²) in [5.41, 5.74) is 6.38. The first-order valence-corrected chi connectivity index (χ1v) is 13.7. The van der Waals surface area contributed by atoms with Gasteiger partial charge in [0, 0.05) is 19.7 Å². The van der Waals surface area contributed by atoms with Gasteiger partial charge in [-0.15, -0.1) is 0 Å². The van der Waals surface area contributed by atoms with Crippen LogP contribution >= 0.6 is 0 Å². The predicted octanol–water partition coefficient (Wildman–Crippen LogP) is -0.453. The number of piperidine rings is 2. The largest absolute Gasteiger partial charge is 0.364 e. The Morgan fingerprint density at radius 1 is 1.24 bits per heavy atom. The summed E-state index contributed by atoms with van der Waals surface area (Å²) in [5.74, 6) is -1.49. The second-order valence-corrected chi connectivity index (χ2v) is 10.6. The molecule has 204 valence electrons. The highest BCUT2D eigenvalue weighted by molar-refractivity contribution is 7.88. The third-order valence-electron chi connectivity index (χ3n) is 6.11. The zero-order valence-corrected chi connectivity index (χ0v) is 21.4. The number of carbonyl (C=O) groups is 2. The summed E-state index contributed by atoms with van der Waals surface area (Å²) in [5, 5.41) is 15.9. The number of nitrogens with zero attached hydrogens (tertiary/aromatic N) is 4. The summed E-state index contributed by atoms with van der Waals surface area (Å²) >= 11 is 0. The Hall–Kier alpha value is -3.30. The highest BCUT2D eigenvalue weighted by Crippen LogP contribution is 2.20. The number of nitro groups is 1. The number of nitrogens with two attached hydrogens (primary N) is 1. The molecular formula is C22H33N7O7S. The molecule has 4 N–H and O–H groups in total. The molecule has 1 unspecified atom stereocenters. The van der Waals surface area contributed by atoms with E-state index in [2.05, 4.69) is 15.1 Å². The number of nitrogens with one attached hydrogen (secondary N) is 2. The Balaban J connectivity index is 1.60. The quantitative estimate of drug-likeness (QED) is 0.153. The number of benzene rings is 1. The van der Waals surface area contributed by atoms with E-state index < -0.39 is 45.2 Å². The Labute approximate surface area is 215 Å². The van der Waals surface area contributed by atoms with E-state index in [1.54, 1.807) is 37.3 Å². The molecule has 0 aliphatic carbocycles. The first-order valence-electron chi connectivity index (χ1n) is 12.1. The van der Waals surface area contributed by atoms with Crippen molar-refractivity contribution in [3.63, 3.8) is 0 Å². The van der Waals surface area contributed by atoms with Crippen molar-refractivity contribution < 1.29 is 27.8 Å². The molecule has 2 aliphatic rings. The summed E-state index contributed by atoms with van der Waals surface area (Å²) in [4.78, 5) is 39.4. The van der Waals surface area contributed by atoms with Gasteiger partial charge < -0.3 is 25.6 Å². The van der Waals surface area contributed by atoms with Crippen LogP contribution in [-0.4, -0.2) is 85.6 Å². The number of rotatable bonds is 10. The third-order valence-corrected chi connectivity index (χ3v) is 7.47. The van der Waals surface area contributed by atoms with E-state index in [0.29, 0.717) is 44.3 Å². The molecule has 1 aromatic carbocycles. The maximum Gasteiger partial charge on any atom is 0.270 e. The molecule has 0 bridgehead atoms. The van der Waals surface area contributed by atoms with E-state index in [0.717, 1.165) is 0 Å². The molecular weight excluding hydrogens is 506 g/mol. The fourth-order valence-corrected chi connectivity index (χ4v) is 5.93. The summed E-state index contributed by atoms with van der Waals surface area (Å²) in [6.07, 6.45) is 1.22. The Bertz CT molecular complexity index is 1100. The van der Waals surface area contributed by atoms with Gasteiger partial charge in [0.15, 0.2) is 11.3 Å². The van der Waals surface area contributed by atoms with Gasteiger partial charge in [-0.2, -0.15) is 0 Å². The van der Waals surface area contributed by atoms with Crippen LogP contribution < -0.4 is 15.8 Å². The van der Waals surface area contributed by atoms with Crippen LogP contribution in [-0.2, 0) is 30.1 Å². The van der Waals surface area contributed by atoms with Crippen molar-refractivity contribution in [3.8, 4) is 0 Å². The van der Waals surface area contributed by atoms with Crippen LogP contribution in [0, 0.1) is 10.1 Å². The van der Waals surface area contributed by atoms with Crippen molar-refractivity contribution in [2.75, 3.05) is 26.2 Å². The molecule has 3 rings (SSSR count). The Morgan fingerprint density at radius 3 is 2.62 bits per heavy atom. The van der Waals surface area contributed by atoms with Gasteiger partial charge in [0.1, 0.15) is 11.1 Å². The molecule has 0 saturated carbocycles. The lowest BCUT2D eigenvalue weighted by molar-refractivity contribution is -0.486. The minimum Gasteiger partial charge on any atom is -0.364 e. The van der Waals surface area contributed by atoms with Gasteiger partial charge in [-0.1, -0.05) is 30.3 Å². The molecule has 2 amide bonds. The first kappa shape index (κ1) is 28.3. The summed E-state index contributed by atoms with van der Waals surface area (Å²) in [6, 6.07) is 7.16. The maximum atomic E-state index is 13.0. The number of carbonyl (C=O) groups excluding carboxylic acids is 2. The van der Waals surface area contributed by atoms with Gasteiger partial charge in [0.05, 0.1) is 18.3 Å². The minimum absolute atomic E-state index is 0.252. The van der Waals surface area contributed by atoms with Crippen molar-refractivity contribution in [1.29, 1.82) is 0 Å². The van der Waals surface area contributed by atoms with Gasteiger partial charge in [0.2, 0.25) is 21.8 Å². The standard InChI is InChI=1S/C22H33N7O7S/c1-2-36-21-18(11-7-13-28(21)22(23)25-29(32)33)24-19(30)14-27-12-6-10-17(20(27)31)26-37(34,35)15-16-8-4-3-5-9-16/h3-5,8-9,17-18,21,26H,2,6-7,10-15H2,1H3,(H2,23,25)(H,24,30)/t17-,18+,21?/m1/s1. The Kier molecular flexibility index (Phi) is 9.77. The zero-order chi connectivity index (χ0) is 27.0. The van der Waals surface area contributed by atoms with Gasteiger partial charge >= 0.3 is 0 Å². The van der Waals surface area contributed by atoms with Crippen LogP contribution in [0.4, 0.5) is 0 Å². The number of sulfonamides is 1. The zero-order valence-electron chi connectivity index (χ0n) is 20.6. The summed E-state index contributed by atoms with van der Waals surface area (Å²) < 4.78 is 33.4. The van der Waals surface area contributed by atoms with Crippen molar-refractivity contribution in [2.45, 2.75) is 56.7 Å². The molecule has 3 atom stereocenters. The van der Waals surface area contributed by atoms with Gasteiger partial charge in [-0.05, 0) is 38.2 Å². The monoisotopic (exact) mass is 539 g/mol. The second-order valence-electron chi connectivity index (χ2n) is 8.87. The molecule has 2 aliphatic heterocycles. The third kappa shape index (κ3) is 8.10. The lowest BCUT2D eigenvalue weighted by atomic mass is 10.0. The molecule has 15 heteroatoms. The van der Waals surface area contributed by atoms with Crippen LogP contribution in [0.3, 0.4) is 0 Å². The van der Waals surface area contributed by atoms with Crippen LogP contribution in [0.1, 0.15) is 38.2 Å². The van der Waals surface area contributed by atoms with E-state index in [9.17, 15) is 28.1 Å². The maximum absolute atomic E-state index is 13.0. The van der Waals surface area contributed by atoms with Gasteiger partial charge in [-0.3, -0.25) is 9.59 Å². The summed E-state index contributed by atoms with van der Waals surface area (Å²) in [6.45, 7) is 2.45. The van der Waals surface area contributed by atoms with Crippen molar-refractivity contribution in [3.05, 3.63) is 46.0 Å². The molecule has 0 radical (unpaired) electrons. The normalized spacial score (nSPS) is 23.1. The van der Waals surface area contributed by atoms with E-state index in [1.165, 1.54) is 9.80 Å². The topological polar surface area (TPSA) is 190 Å².